The number of hydrogen-bond donors (Lipinski definition) is 1. The summed E-state index contributed by atoms with van der Waals surface area (Å²) >= 11 is 0. The van der Waals surface area contributed by atoms with Crippen LogP contribution in [-0.4, -0.2) is 18.3 Å². The van der Waals surface area contributed by atoms with Crippen molar-refractivity contribution in [1.29, 1.82) is 0 Å². The molecule has 0 amide bonds. The van der Waals surface area contributed by atoms with Crippen molar-refractivity contribution in [3.8, 4) is 5.75 Å². The summed E-state index contributed by atoms with van der Waals surface area (Å²) in [6.07, 6.45) is 8.59. The zero-order valence-corrected chi connectivity index (χ0v) is 11.9. The molecule has 2 fully saturated rings. The average molecular weight is 273 g/mol. The standard InChI is InChI=1S/C17H23NO2/c1-2-4-13-11-14(18)5-6-16(13)20-15-7-10-19-17(12-15)8-3-9-17/h2,5-6,11,15H,1,3-4,7-10,12,18H2. The van der Waals surface area contributed by atoms with Crippen molar-refractivity contribution < 1.29 is 9.47 Å². The van der Waals surface area contributed by atoms with Gasteiger partial charge in [0.1, 0.15) is 11.9 Å². The van der Waals surface area contributed by atoms with Crippen molar-refractivity contribution in [3.63, 3.8) is 0 Å². The number of hydrogen-bond acceptors (Lipinski definition) is 3. The normalized spacial score (nSPS) is 24.1. The van der Waals surface area contributed by atoms with E-state index in [-0.39, 0.29) is 11.7 Å². The quantitative estimate of drug-likeness (QED) is 0.674. The number of allylic oxidation sites excluding steroid dienone is 1. The maximum Gasteiger partial charge on any atom is 0.123 e. The van der Waals surface area contributed by atoms with Gasteiger partial charge in [-0.2, -0.15) is 0 Å². The van der Waals surface area contributed by atoms with Gasteiger partial charge in [-0.15, -0.1) is 6.58 Å². The summed E-state index contributed by atoms with van der Waals surface area (Å²) in [5.74, 6) is 0.945. The van der Waals surface area contributed by atoms with E-state index >= 15 is 0 Å². The van der Waals surface area contributed by atoms with Crippen LogP contribution in [0.4, 0.5) is 5.69 Å². The smallest absolute Gasteiger partial charge is 0.123 e. The molecule has 1 aromatic carbocycles. The Hall–Kier alpha value is -1.48. The fourth-order valence-electron chi connectivity index (χ4n) is 3.21. The average Bonchev–Trinajstić information content (AvgIpc) is 2.41. The lowest BCUT2D eigenvalue weighted by molar-refractivity contribution is -0.153. The largest absolute Gasteiger partial charge is 0.490 e. The van der Waals surface area contributed by atoms with Crippen LogP contribution in [0.3, 0.4) is 0 Å². The Balaban J connectivity index is 1.72. The van der Waals surface area contributed by atoms with Gasteiger partial charge in [-0.3, -0.25) is 0 Å². The first kappa shape index (κ1) is 13.5. The van der Waals surface area contributed by atoms with Crippen molar-refractivity contribution in [2.45, 2.75) is 50.2 Å². The number of nitrogen functional groups attached to an aromatic ring is 1. The van der Waals surface area contributed by atoms with Crippen LogP contribution < -0.4 is 10.5 Å². The Morgan fingerprint density at radius 2 is 2.30 bits per heavy atom. The summed E-state index contributed by atoms with van der Waals surface area (Å²) in [4.78, 5) is 0. The lowest BCUT2D eigenvalue weighted by Crippen LogP contribution is -2.48. The van der Waals surface area contributed by atoms with Crippen molar-refractivity contribution in [2.75, 3.05) is 12.3 Å². The molecule has 3 nitrogen and oxygen atoms in total. The number of benzene rings is 1. The third-order valence-corrected chi connectivity index (χ3v) is 4.45. The Bertz CT molecular complexity index is 494. The SMILES string of the molecule is C=CCc1cc(N)ccc1OC1CCOC2(CCC2)C1. The van der Waals surface area contributed by atoms with E-state index < -0.39 is 0 Å². The third kappa shape index (κ3) is 2.68. The molecule has 1 aliphatic heterocycles. The second-order valence-electron chi connectivity index (χ2n) is 5.98. The van der Waals surface area contributed by atoms with Crippen molar-refractivity contribution in [1.82, 2.24) is 0 Å². The number of rotatable bonds is 4. The summed E-state index contributed by atoms with van der Waals surface area (Å²) in [5.41, 5.74) is 7.87. The summed E-state index contributed by atoms with van der Waals surface area (Å²) in [6.45, 7) is 4.62. The van der Waals surface area contributed by atoms with Crippen LogP contribution in [0.25, 0.3) is 0 Å². The second-order valence-corrected chi connectivity index (χ2v) is 5.98. The highest BCUT2D eigenvalue weighted by molar-refractivity contribution is 5.48. The Kier molecular flexibility index (Phi) is 3.70. The Morgan fingerprint density at radius 1 is 1.45 bits per heavy atom. The van der Waals surface area contributed by atoms with Gasteiger partial charge >= 0.3 is 0 Å². The topological polar surface area (TPSA) is 44.5 Å². The highest BCUT2D eigenvalue weighted by atomic mass is 16.5. The van der Waals surface area contributed by atoms with Crippen LogP contribution in [0.2, 0.25) is 0 Å². The molecule has 108 valence electrons. The Morgan fingerprint density at radius 3 is 3.00 bits per heavy atom. The fourth-order valence-corrected chi connectivity index (χ4v) is 3.21. The van der Waals surface area contributed by atoms with Gasteiger partial charge in [0.2, 0.25) is 0 Å². The van der Waals surface area contributed by atoms with Crippen LogP contribution in [0.1, 0.15) is 37.7 Å². The molecule has 2 aliphatic rings. The third-order valence-electron chi connectivity index (χ3n) is 4.45. The maximum absolute atomic E-state index is 6.24. The van der Waals surface area contributed by atoms with Gasteiger partial charge in [0, 0.05) is 18.5 Å². The monoisotopic (exact) mass is 273 g/mol. The molecule has 1 aromatic rings. The van der Waals surface area contributed by atoms with E-state index in [1.807, 2.05) is 24.3 Å². The second kappa shape index (κ2) is 5.49. The molecular formula is C17H23NO2. The van der Waals surface area contributed by atoms with Gasteiger partial charge < -0.3 is 15.2 Å². The van der Waals surface area contributed by atoms with Gasteiger partial charge in [-0.05, 0) is 49.4 Å². The molecule has 1 saturated carbocycles. The summed E-state index contributed by atoms with van der Waals surface area (Å²) in [7, 11) is 0. The molecule has 1 unspecified atom stereocenters. The zero-order valence-electron chi connectivity index (χ0n) is 11.9. The first-order chi connectivity index (χ1) is 9.71. The molecule has 3 rings (SSSR count). The van der Waals surface area contributed by atoms with Gasteiger partial charge in [-0.25, -0.2) is 0 Å². The Labute approximate surface area is 120 Å². The lowest BCUT2D eigenvalue weighted by Gasteiger charge is -2.47. The molecule has 1 heterocycles. The van der Waals surface area contributed by atoms with Crippen LogP contribution >= 0.6 is 0 Å². The fraction of sp³-hybridized carbons (Fsp3) is 0.529. The molecule has 0 bridgehead atoms. The predicted molar refractivity (Wildman–Crippen MR) is 80.9 cm³/mol. The number of ether oxygens (including phenoxy) is 2. The molecule has 20 heavy (non-hydrogen) atoms. The van der Waals surface area contributed by atoms with Gasteiger partial charge in [0.15, 0.2) is 0 Å². The molecule has 1 saturated heterocycles. The zero-order chi connectivity index (χ0) is 14.0. The van der Waals surface area contributed by atoms with E-state index in [4.69, 9.17) is 15.2 Å². The first-order valence-electron chi connectivity index (χ1n) is 7.51. The predicted octanol–water partition coefficient (Wildman–Crippen LogP) is 3.48. The molecule has 2 N–H and O–H groups in total. The van der Waals surface area contributed by atoms with Crippen LogP contribution in [0, 0.1) is 0 Å². The molecule has 0 radical (unpaired) electrons. The molecule has 1 spiro atoms. The summed E-state index contributed by atoms with van der Waals surface area (Å²) < 4.78 is 12.2. The van der Waals surface area contributed by atoms with E-state index in [9.17, 15) is 0 Å². The van der Waals surface area contributed by atoms with E-state index in [0.717, 1.165) is 42.9 Å². The first-order valence-corrected chi connectivity index (χ1v) is 7.51. The maximum atomic E-state index is 6.24. The minimum Gasteiger partial charge on any atom is -0.490 e. The molecular weight excluding hydrogens is 250 g/mol. The van der Waals surface area contributed by atoms with E-state index in [2.05, 4.69) is 6.58 Å². The highest BCUT2D eigenvalue weighted by Crippen LogP contribution is 2.43. The molecule has 1 atom stereocenters. The summed E-state index contributed by atoms with van der Waals surface area (Å²) in [5, 5.41) is 0. The van der Waals surface area contributed by atoms with E-state index in [1.54, 1.807) is 0 Å². The minimum absolute atomic E-state index is 0.120. The number of anilines is 1. The van der Waals surface area contributed by atoms with Crippen LogP contribution in [0.15, 0.2) is 30.9 Å². The van der Waals surface area contributed by atoms with Crippen LogP contribution in [0.5, 0.6) is 5.75 Å². The molecule has 3 heteroatoms. The summed E-state index contributed by atoms with van der Waals surface area (Å²) in [6, 6.07) is 5.87. The van der Waals surface area contributed by atoms with Gasteiger partial charge in [-0.1, -0.05) is 6.08 Å². The number of nitrogens with two attached hydrogens (primary N) is 1. The van der Waals surface area contributed by atoms with Gasteiger partial charge in [0.25, 0.3) is 0 Å². The van der Waals surface area contributed by atoms with Crippen molar-refractivity contribution >= 4 is 5.69 Å². The molecule has 1 aliphatic carbocycles. The minimum atomic E-state index is 0.120. The van der Waals surface area contributed by atoms with Gasteiger partial charge in [0.05, 0.1) is 12.2 Å². The highest BCUT2D eigenvalue weighted by Gasteiger charge is 2.43. The molecule has 0 aromatic heterocycles. The van der Waals surface area contributed by atoms with E-state index in [1.165, 1.54) is 19.3 Å². The lowest BCUT2D eigenvalue weighted by atomic mass is 9.74. The van der Waals surface area contributed by atoms with Crippen molar-refractivity contribution in [2.24, 2.45) is 0 Å². The van der Waals surface area contributed by atoms with E-state index in [0.29, 0.717) is 0 Å². The van der Waals surface area contributed by atoms with Crippen molar-refractivity contribution in [3.05, 3.63) is 36.4 Å². The van der Waals surface area contributed by atoms with Crippen LogP contribution in [-0.2, 0) is 11.2 Å².